The highest BCUT2D eigenvalue weighted by atomic mass is 35.5. The Labute approximate surface area is 144 Å². The van der Waals surface area contributed by atoms with Gasteiger partial charge in [-0.15, -0.1) is 0 Å². The normalized spacial score (nSPS) is 14.2. The van der Waals surface area contributed by atoms with Crippen molar-refractivity contribution in [2.24, 2.45) is 0 Å². The van der Waals surface area contributed by atoms with Crippen LogP contribution in [0, 0.1) is 0 Å². The number of anilines is 1. The largest absolute Gasteiger partial charge is 0.507 e. The fourth-order valence-electron chi connectivity index (χ4n) is 3.12. The van der Waals surface area contributed by atoms with Gasteiger partial charge in [0.15, 0.2) is 0 Å². The quantitative estimate of drug-likeness (QED) is 0.540. The van der Waals surface area contributed by atoms with Crippen LogP contribution in [0.1, 0.15) is 11.1 Å². The molecule has 1 amide bonds. The van der Waals surface area contributed by atoms with Crippen molar-refractivity contribution < 1.29 is 9.90 Å². The molecule has 5 heteroatoms. The van der Waals surface area contributed by atoms with E-state index in [9.17, 15) is 9.90 Å². The maximum Gasteiger partial charge on any atom is 0.255 e. The summed E-state index contributed by atoms with van der Waals surface area (Å²) < 4.78 is 0. The van der Waals surface area contributed by atoms with Crippen LogP contribution in [-0.2, 0) is 11.2 Å². The number of carbonyl (C=O) groups excluding carboxylic acids is 1. The molecule has 4 rings (SSSR count). The highest BCUT2D eigenvalue weighted by molar-refractivity contribution is 6.30. The molecule has 2 N–H and O–H groups in total. The summed E-state index contributed by atoms with van der Waals surface area (Å²) in [6.45, 7) is 0.606. The minimum atomic E-state index is -0.243. The van der Waals surface area contributed by atoms with Gasteiger partial charge >= 0.3 is 0 Å². The number of fused-ring (bicyclic) bond motifs is 3. The number of hydrogen-bond acceptors (Lipinski definition) is 2. The lowest BCUT2D eigenvalue weighted by molar-refractivity contribution is -0.114. The summed E-state index contributed by atoms with van der Waals surface area (Å²) >= 11 is 5.84. The number of H-pyrrole nitrogens is 1. The highest BCUT2D eigenvalue weighted by Crippen LogP contribution is 2.34. The lowest BCUT2D eigenvalue weighted by Gasteiger charge is -2.13. The Morgan fingerprint density at radius 1 is 1.17 bits per heavy atom. The number of benzene rings is 2. The molecule has 120 valence electrons. The number of nitrogens with zero attached hydrogens (tertiary/aromatic N) is 1. The molecule has 2 heterocycles. The zero-order chi connectivity index (χ0) is 16.7. The van der Waals surface area contributed by atoms with E-state index < -0.39 is 0 Å². The molecule has 0 spiro atoms. The Hall–Kier alpha value is -2.72. The maximum absolute atomic E-state index is 12.6. The number of aliphatic hydroxyl groups excluding tert-OH is 1. The summed E-state index contributed by atoms with van der Waals surface area (Å²) in [6, 6.07) is 14.7. The summed E-state index contributed by atoms with van der Waals surface area (Å²) in [4.78, 5) is 17.6. The van der Waals surface area contributed by atoms with Crippen molar-refractivity contribution in [3.63, 3.8) is 0 Å². The zero-order valence-electron chi connectivity index (χ0n) is 12.8. The Bertz CT molecular complexity index is 957. The molecule has 0 aliphatic carbocycles. The van der Waals surface area contributed by atoms with Gasteiger partial charge in [-0.2, -0.15) is 0 Å². The van der Waals surface area contributed by atoms with Gasteiger partial charge in [0.05, 0.1) is 0 Å². The molecule has 0 radical (unpaired) electrons. The van der Waals surface area contributed by atoms with Crippen LogP contribution < -0.4 is 4.90 Å². The number of carbonyl (C=O) groups is 1. The molecule has 24 heavy (non-hydrogen) atoms. The van der Waals surface area contributed by atoms with Gasteiger partial charge in [-0.25, -0.2) is 0 Å². The van der Waals surface area contributed by atoms with E-state index in [1.54, 1.807) is 29.2 Å². The zero-order valence-corrected chi connectivity index (χ0v) is 13.5. The molecule has 0 fully saturated rings. The summed E-state index contributed by atoms with van der Waals surface area (Å²) in [5, 5.41) is 11.9. The monoisotopic (exact) mass is 338 g/mol. The molecule has 2 aromatic carbocycles. The van der Waals surface area contributed by atoms with Crippen molar-refractivity contribution >= 4 is 40.0 Å². The van der Waals surface area contributed by atoms with Crippen molar-refractivity contribution in [2.75, 3.05) is 11.4 Å². The molecule has 0 saturated heterocycles. The molecule has 0 saturated carbocycles. The Balaban J connectivity index is 1.65. The number of para-hydroxylation sites is 1. The van der Waals surface area contributed by atoms with Crippen LogP contribution in [0.15, 0.2) is 54.6 Å². The molecular weight excluding hydrogens is 324 g/mol. The van der Waals surface area contributed by atoms with Gasteiger partial charge in [-0.1, -0.05) is 29.8 Å². The average molecular weight is 339 g/mol. The molecule has 1 aliphatic heterocycles. The first-order chi connectivity index (χ1) is 11.6. The first-order valence-corrected chi connectivity index (χ1v) is 8.09. The van der Waals surface area contributed by atoms with Crippen molar-refractivity contribution in [3.8, 4) is 0 Å². The first kappa shape index (κ1) is 14.8. The van der Waals surface area contributed by atoms with Gasteiger partial charge < -0.3 is 10.1 Å². The maximum atomic E-state index is 12.6. The van der Waals surface area contributed by atoms with Crippen LogP contribution in [0.25, 0.3) is 16.7 Å². The molecule has 1 aromatic heterocycles. The topological polar surface area (TPSA) is 56.3 Å². The van der Waals surface area contributed by atoms with E-state index in [0.29, 0.717) is 17.1 Å². The number of hydrogen-bond donors (Lipinski definition) is 2. The summed E-state index contributed by atoms with van der Waals surface area (Å²) in [5.74, 6) is 0.510. The van der Waals surface area contributed by atoms with Gasteiger partial charge in [-0.05, 0) is 36.8 Å². The number of rotatable bonds is 2. The van der Waals surface area contributed by atoms with E-state index >= 15 is 0 Å². The molecule has 0 atom stereocenters. The predicted molar refractivity (Wildman–Crippen MR) is 96.4 cm³/mol. The molecular formula is C19H15ClN2O2. The van der Waals surface area contributed by atoms with E-state index in [1.165, 1.54) is 6.08 Å². The Morgan fingerprint density at radius 3 is 2.71 bits per heavy atom. The third-order valence-corrected chi connectivity index (χ3v) is 4.56. The van der Waals surface area contributed by atoms with Crippen molar-refractivity contribution in [1.82, 2.24) is 4.98 Å². The average Bonchev–Trinajstić information content (AvgIpc) is 3.14. The number of amides is 1. The second-order valence-corrected chi connectivity index (χ2v) is 6.21. The van der Waals surface area contributed by atoms with Crippen LogP contribution in [0.3, 0.4) is 0 Å². The lowest BCUT2D eigenvalue weighted by atomic mass is 10.1. The second kappa shape index (κ2) is 5.73. The van der Waals surface area contributed by atoms with Crippen LogP contribution in [0.2, 0.25) is 5.02 Å². The third kappa shape index (κ3) is 2.45. The molecule has 0 unspecified atom stereocenters. The fraction of sp³-hybridized carbons (Fsp3) is 0.105. The second-order valence-electron chi connectivity index (χ2n) is 5.77. The van der Waals surface area contributed by atoms with Crippen molar-refractivity contribution in [1.29, 1.82) is 0 Å². The smallest absolute Gasteiger partial charge is 0.255 e. The summed E-state index contributed by atoms with van der Waals surface area (Å²) in [5.41, 5.74) is 2.73. The van der Waals surface area contributed by atoms with E-state index in [1.807, 2.05) is 18.2 Å². The van der Waals surface area contributed by atoms with Crippen LogP contribution in [0.4, 0.5) is 5.82 Å². The molecule has 4 nitrogen and oxygen atoms in total. The van der Waals surface area contributed by atoms with E-state index in [-0.39, 0.29) is 11.7 Å². The van der Waals surface area contributed by atoms with Crippen LogP contribution >= 0.6 is 11.6 Å². The van der Waals surface area contributed by atoms with Gasteiger partial charge in [0.2, 0.25) is 0 Å². The first-order valence-electron chi connectivity index (χ1n) is 7.71. The summed E-state index contributed by atoms with van der Waals surface area (Å²) in [7, 11) is 0. The molecule has 3 aromatic rings. The third-order valence-electron chi connectivity index (χ3n) is 4.31. The van der Waals surface area contributed by atoms with Gasteiger partial charge in [-0.3, -0.25) is 9.69 Å². The highest BCUT2D eigenvalue weighted by Gasteiger charge is 2.27. The minimum Gasteiger partial charge on any atom is -0.507 e. The Morgan fingerprint density at radius 2 is 1.92 bits per heavy atom. The number of aliphatic hydroxyl groups is 1. The van der Waals surface area contributed by atoms with Crippen LogP contribution in [-0.4, -0.2) is 22.5 Å². The summed E-state index contributed by atoms with van der Waals surface area (Å²) in [6.07, 6.45) is 2.06. The minimum absolute atomic E-state index is 0.0683. The fourth-order valence-corrected chi connectivity index (χ4v) is 3.25. The number of aromatic nitrogens is 1. The standard InChI is InChI=1S/C19H15ClN2O2/c20-13-7-5-12(6-8-13)17(23)11-18(24)22-10-9-15-14-3-1-2-4-16(14)21-19(15)22/h1-8,11,21,23H,9-10H2/b17-11-. The molecule has 0 bridgehead atoms. The number of aromatic amines is 1. The SMILES string of the molecule is O=C(/C=C(\O)c1ccc(Cl)cc1)N1CCc2c1[nH]c1ccccc21. The number of nitrogens with one attached hydrogen (secondary N) is 1. The van der Waals surface area contributed by atoms with Crippen LogP contribution in [0.5, 0.6) is 0 Å². The number of halogens is 1. The lowest BCUT2D eigenvalue weighted by Crippen LogP contribution is -2.27. The van der Waals surface area contributed by atoms with Gasteiger partial charge in [0.1, 0.15) is 11.6 Å². The van der Waals surface area contributed by atoms with Gasteiger partial charge in [0.25, 0.3) is 5.91 Å². The van der Waals surface area contributed by atoms with E-state index in [0.717, 1.165) is 28.7 Å². The van der Waals surface area contributed by atoms with E-state index in [2.05, 4.69) is 11.1 Å². The van der Waals surface area contributed by atoms with Crippen molar-refractivity contribution in [2.45, 2.75) is 6.42 Å². The predicted octanol–water partition coefficient (Wildman–Crippen LogP) is 4.31. The Kier molecular flexibility index (Phi) is 3.54. The van der Waals surface area contributed by atoms with Gasteiger partial charge in [0, 0.05) is 39.7 Å². The van der Waals surface area contributed by atoms with E-state index in [4.69, 9.17) is 11.6 Å². The van der Waals surface area contributed by atoms with Crippen molar-refractivity contribution in [3.05, 3.63) is 70.8 Å². The molecule has 1 aliphatic rings.